The minimum atomic E-state index is 0.106. The summed E-state index contributed by atoms with van der Waals surface area (Å²) >= 11 is 3.96. The molecule has 1 rings (SSSR count). The van der Waals surface area contributed by atoms with E-state index in [1.807, 2.05) is 7.05 Å². The van der Waals surface area contributed by atoms with Crippen LogP contribution in [0.1, 0.15) is 12.8 Å². The van der Waals surface area contributed by atoms with Gasteiger partial charge in [-0.05, 0) is 18.8 Å². The number of ether oxygens (including phenoxy) is 1. The van der Waals surface area contributed by atoms with Gasteiger partial charge in [0.25, 0.3) is 0 Å². The molecule has 1 fully saturated rings. The van der Waals surface area contributed by atoms with E-state index in [0.29, 0.717) is 11.7 Å². The summed E-state index contributed by atoms with van der Waals surface area (Å²) in [6.45, 7) is 2.53. The zero-order valence-electron chi connectivity index (χ0n) is 8.03. The summed E-state index contributed by atoms with van der Waals surface area (Å²) in [5.41, 5.74) is 0. The third-order valence-corrected chi connectivity index (χ3v) is 2.70. The average Bonchev–Trinajstić information content (AvgIpc) is 2.18. The second-order valence-corrected chi connectivity index (χ2v) is 3.80. The van der Waals surface area contributed by atoms with Crippen LogP contribution >= 0.6 is 12.6 Å². The fourth-order valence-electron chi connectivity index (χ4n) is 1.54. The summed E-state index contributed by atoms with van der Waals surface area (Å²) in [5, 5.41) is 0. The van der Waals surface area contributed by atoms with E-state index in [-0.39, 0.29) is 5.91 Å². The molecule has 76 valence electrons. The minimum absolute atomic E-state index is 0.106. The highest BCUT2D eigenvalue weighted by Crippen LogP contribution is 2.15. The lowest BCUT2D eigenvalue weighted by molar-refractivity contribution is -0.128. The molecule has 0 aromatic carbocycles. The molecule has 4 heteroatoms. The third kappa shape index (κ3) is 3.56. The van der Waals surface area contributed by atoms with Gasteiger partial charge in [-0.15, -0.1) is 0 Å². The van der Waals surface area contributed by atoms with Crippen molar-refractivity contribution in [3.8, 4) is 0 Å². The molecule has 0 unspecified atom stereocenters. The summed E-state index contributed by atoms with van der Waals surface area (Å²) < 4.78 is 5.25. The third-order valence-electron chi connectivity index (χ3n) is 2.43. The molecule has 0 saturated carbocycles. The Hall–Kier alpha value is -0.220. The maximum Gasteiger partial charge on any atom is 0.232 e. The Kier molecular flexibility index (Phi) is 4.59. The molecule has 1 aliphatic rings. The number of carbonyl (C=O) groups excluding carboxylic acids is 1. The first-order chi connectivity index (χ1) is 6.24. The monoisotopic (exact) mass is 203 g/mol. The van der Waals surface area contributed by atoms with Gasteiger partial charge in [-0.3, -0.25) is 4.79 Å². The first-order valence-corrected chi connectivity index (χ1v) is 5.30. The first kappa shape index (κ1) is 10.9. The van der Waals surface area contributed by atoms with Gasteiger partial charge < -0.3 is 9.64 Å². The van der Waals surface area contributed by atoms with Crippen molar-refractivity contribution in [3.63, 3.8) is 0 Å². The molecule has 0 bridgehead atoms. The van der Waals surface area contributed by atoms with E-state index in [0.717, 1.165) is 32.6 Å². The molecule has 0 radical (unpaired) electrons. The van der Waals surface area contributed by atoms with Crippen molar-refractivity contribution in [2.75, 3.05) is 32.6 Å². The Morgan fingerprint density at radius 3 is 2.69 bits per heavy atom. The second kappa shape index (κ2) is 5.50. The molecule has 13 heavy (non-hydrogen) atoms. The minimum Gasteiger partial charge on any atom is -0.381 e. The number of hydrogen-bond acceptors (Lipinski definition) is 3. The summed E-state index contributed by atoms with van der Waals surface area (Å²) in [6, 6.07) is 0. The lowest BCUT2D eigenvalue weighted by Gasteiger charge is -2.26. The number of rotatable bonds is 3. The molecule has 3 nitrogen and oxygen atoms in total. The van der Waals surface area contributed by atoms with Gasteiger partial charge in [0, 0.05) is 26.8 Å². The smallest absolute Gasteiger partial charge is 0.232 e. The summed E-state index contributed by atoms with van der Waals surface area (Å²) in [6.07, 6.45) is 2.15. The van der Waals surface area contributed by atoms with Gasteiger partial charge >= 0.3 is 0 Å². The van der Waals surface area contributed by atoms with Crippen molar-refractivity contribution >= 4 is 18.5 Å². The van der Waals surface area contributed by atoms with Crippen LogP contribution in [0.25, 0.3) is 0 Å². The van der Waals surface area contributed by atoms with E-state index in [4.69, 9.17) is 4.74 Å². The lowest BCUT2D eigenvalue weighted by Crippen LogP contribution is -2.34. The predicted octanol–water partition coefficient (Wildman–Crippen LogP) is 0.801. The normalized spacial score (nSPS) is 18.6. The number of hydrogen-bond donors (Lipinski definition) is 1. The molecule has 0 atom stereocenters. The lowest BCUT2D eigenvalue weighted by atomic mass is 10.00. The maximum absolute atomic E-state index is 11.2. The van der Waals surface area contributed by atoms with Crippen molar-refractivity contribution in [3.05, 3.63) is 0 Å². The molecule has 0 aliphatic carbocycles. The van der Waals surface area contributed by atoms with E-state index in [9.17, 15) is 4.79 Å². The predicted molar refractivity (Wildman–Crippen MR) is 55.0 cm³/mol. The van der Waals surface area contributed by atoms with Gasteiger partial charge in [0.05, 0.1) is 5.75 Å². The van der Waals surface area contributed by atoms with Crippen LogP contribution in [0.2, 0.25) is 0 Å². The van der Waals surface area contributed by atoms with Crippen LogP contribution in [0.3, 0.4) is 0 Å². The fourth-order valence-corrected chi connectivity index (χ4v) is 1.78. The molecule has 1 aliphatic heterocycles. The SMILES string of the molecule is CN(CC1CCOCC1)C(=O)CS. The van der Waals surface area contributed by atoms with Crippen LogP contribution in [0.5, 0.6) is 0 Å². The largest absolute Gasteiger partial charge is 0.381 e. The Labute approximate surface area is 84.8 Å². The highest BCUT2D eigenvalue weighted by atomic mass is 32.1. The van der Waals surface area contributed by atoms with E-state index >= 15 is 0 Å². The van der Waals surface area contributed by atoms with Gasteiger partial charge in [0.15, 0.2) is 0 Å². The average molecular weight is 203 g/mol. The molecule has 1 amide bonds. The number of thiol groups is 1. The van der Waals surface area contributed by atoms with Crippen molar-refractivity contribution < 1.29 is 9.53 Å². The summed E-state index contributed by atoms with van der Waals surface area (Å²) in [5.74, 6) is 1.03. The molecule has 0 aromatic rings. The molecule has 1 heterocycles. The number of amides is 1. The van der Waals surface area contributed by atoms with Gasteiger partial charge in [-0.2, -0.15) is 12.6 Å². The topological polar surface area (TPSA) is 29.5 Å². The highest BCUT2D eigenvalue weighted by molar-refractivity contribution is 7.81. The second-order valence-electron chi connectivity index (χ2n) is 3.49. The van der Waals surface area contributed by atoms with E-state index < -0.39 is 0 Å². The van der Waals surface area contributed by atoms with Crippen LogP contribution in [0.4, 0.5) is 0 Å². The highest BCUT2D eigenvalue weighted by Gasteiger charge is 2.17. The molecular weight excluding hydrogens is 186 g/mol. The van der Waals surface area contributed by atoms with Gasteiger partial charge in [0.1, 0.15) is 0 Å². The van der Waals surface area contributed by atoms with E-state index in [1.54, 1.807) is 4.90 Å². The zero-order chi connectivity index (χ0) is 9.68. The van der Waals surface area contributed by atoms with Crippen LogP contribution in [-0.2, 0) is 9.53 Å². The Morgan fingerprint density at radius 1 is 1.54 bits per heavy atom. The number of carbonyl (C=O) groups is 1. The standard InChI is InChI=1S/C9H17NO2S/c1-10(9(11)7-13)6-8-2-4-12-5-3-8/h8,13H,2-7H2,1H3. The van der Waals surface area contributed by atoms with Gasteiger partial charge in [-0.1, -0.05) is 0 Å². The van der Waals surface area contributed by atoms with Crippen LogP contribution in [-0.4, -0.2) is 43.4 Å². The summed E-state index contributed by atoms with van der Waals surface area (Å²) in [4.78, 5) is 13.0. The molecule has 0 N–H and O–H groups in total. The molecule has 0 aromatic heterocycles. The Balaban J connectivity index is 2.25. The first-order valence-electron chi connectivity index (χ1n) is 4.66. The zero-order valence-corrected chi connectivity index (χ0v) is 8.93. The maximum atomic E-state index is 11.2. The van der Waals surface area contributed by atoms with Crippen LogP contribution in [0, 0.1) is 5.92 Å². The van der Waals surface area contributed by atoms with E-state index in [1.165, 1.54) is 0 Å². The van der Waals surface area contributed by atoms with Gasteiger partial charge in [-0.25, -0.2) is 0 Å². The molecule has 0 spiro atoms. The number of nitrogens with zero attached hydrogens (tertiary/aromatic N) is 1. The quantitative estimate of drug-likeness (QED) is 0.688. The van der Waals surface area contributed by atoms with Crippen molar-refractivity contribution in [2.45, 2.75) is 12.8 Å². The summed E-state index contributed by atoms with van der Waals surface area (Å²) in [7, 11) is 1.84. The van der Waals surface area contributed by atoms with Crippen molar-refractivity contribution in [1.29, 1.82) is 0 Å². The van der Waals surface area contributed by atoms with Gasteiger partial charge in [0.2, 0.25) is 5.91 Å². The fraction of sp³-hybridized carbons (Fsp3) is 0.889. The van der Waals surface area contributed by atoms with E-state index in [2.05, 4.69) is 12.6 Å². The Bertz CT molecular complexity index is 169. The molecule has 1 saturated heterocycles. The molecular formula is C9H17NO2S. The van der Waals surface area contributed by atoms with Crippen LogP contribution < -0.4 is 0 Å². The van der Waals surface area contributed by atoms with Crippen molar-refractivity contribution in [1.82, 2.24) is 4.90 Å². The Morgan fingerprint density at radius 2 is 2.15 bits per heavy atom. The van der Waals surface area contributed by atoms with Crippen LogP contribution in [0.15, 0.2) is 0 Å². The van der Waals surface area contributed by atoms with Crippen molar-refractivity contribution in [2.24, 2.45) is 5.92 Å².